The number of aryl methyl sites for hydroxylation is 2. The fourth-order valence-corrected chi connectivity index (χ4v) is 2.20. The summed E-state index contributed by atoms with van der Waals surface area (Å²) in [6.07, 6.45) is 0.929. The molecule has 2 nitrogen and oxygen atoms in total. The quantitative estimate of drug-likeness (QED) is 0.731. The molecular formula is C15H17NO. The highest BCUT2D eigenvalue weighted by Crippen LogP contribution is 2.25. The second kappa shape index (κ2) is 4.28. The molecule has 0 aliphatic carbocycles. The zero-order chi connectivity index (χ0) is 12.6. The first-order valence-electron chi connectivity index (χ1n) is 5.90. The minimum atomic E-state index is 0.332. The average Bonchev–Trinajstić information content (AvgIpc) is 2.26. The van der Waals surface area contributed by atoms with Gasteiger partial charge in [0.2, 0.25) is 0 Å². The van der Waals surface area contributed by atoms with Crippen molar-refractivity contribution in [2.24, 2.45) is 0 Å². The third-order valence-electron chi connectivity index (χ3n) is 3.02. The zero-order valence-electron chi connectivity index (χ0n) is 10.7. The maximum Gasteiger partial charge on any atom is 0.150 e. The molecule has 2 aromatic rings. The largest absolute Gasteiger partial charge is 0.298 e. The van der Waals surface area contributed by atoms with Gasteiger partial charge in [0.1, 0.15) is 0 Å². The Labute approximate surface area is 102 Å². The molecule has 0 fully saturated rings. The van der Waals surface area contributed by atoms with Crippen LogP contribution in [-0.4, -0.2) is 11.3 Å². The molecule has 0 atom stereocenters. The normalized spacial score (nSPS) is 11.1. The van der Waals surface area contributed by atoms with Crippen LogP contribution in [0.15, 0.2) is 18.2 Å². The molecular weight excluding hydrogens is 210 g/mol. The van der Waals surface area contributed by atoms with Crippen molar-refractivity contribution in [1.82, 2.24) is 4.98 Å². The summed E-state index contributed by atoms with van der Waals surface area (Å²) >= 11 is 0. The second-order valence-electron chi connectivity index (χ2n) is 4.88. The van der Waals surface area contributed by atoms with Gasteiger partial charge >= 0.3 is 0 Å². The molecule has 0 aliphatic heterocycles. The predicted octanol–water partition coefficient (Wildman–Crippen LogP) is 3.79. The van der Waals surface area contributed by atoms with E-state index in [4.69, 9.17) is 0 Å². The fraction of sp³-hybridized carbons (Fsp3) is 0.333. The van der Waals surface area contributed by atoms with Crippen LogP contribution < -0.4 is 0 Å². The Morgan fingerprint density at radius 1 is 1.18 bits per heavy atom. The summed E-state index contributed by atoms with van der Waals surface area (Å²) in [5.41, 5.74) is 4.95. The number of nitrogens with zero attached hydrogens (tertiary/aromatic N) is 1. The van der Waals surface area contributed by atoms with Crippen molar-refractivity contribution in [2.75, 3.05) is 0 Å². The van der Waals surface area contributed by atoms with E-state index in [-0.39, 0.29) is 0 Å². The van der Waals surface area contributed by atoms with E-state index in [1.165, 1.54) is 5.56 Å². The van der Waals surface area contributed by atoms with E-state index >= 15 is 0 Å². The van der Waals surface area contributed by atoms with Gasteiger partial charge in [0, 0.05) is 16.6 Å². The summed E-state index contributed by atoms with van der Waals surface area (Å²) in [4.78, 5) is 15.9. The summed E-state index contributed by atoms with van der Waals surface area (Å²) < 4.78 is 0. The van der Waals surface area contributed by atoms with Crippen molar-refractivity contribution >= 4 is 17.2 Å². The molecule has 0 bridgehead atoms. The van der Waals surface area contributed by atoms with Gasteiger partial charge in [-0.05, 0) is 43.0 Å². The smallest absolute Gasteiger partial charge is 0.150 e. The summed E-state index contributed by atoms with van der Waals surface area (Å²) in [6.45, 7) is 8.26. The van der Waals surface area contributed by atoms with E-state index in [1.54, 1.807) is 0 Å². The van der Waals surface area contributed by atoms with Crippen molar-refractivity contribution in [3.63, 3.8) is 0 Å². The average molecular weight is 227 g/mol. The van der Waals surface area contributed by atoms with Crippen LogP contribution in [0.3, 0.4) is 0 Å². The molecule has 0 unspecified atom stereocenters. The third-order valence-corrected chi connectivity index (χ3v) is 3.02. The minimum absolute atomic E-state index is 0.332. The van der Waals surface area contributed by atoms with Crippen molar-refractivity contribution < 1.29 is 4.79 Å². The maximum atomic E-state index is 11.2. The van der Waals surface area contributed by atoms with Gasteiger partial charge in [-0.1, -0.05) is 19.9 Å². The first kappa shape index (κ1) is 11.8. The van der Waals surface area contributed by atoms with Gasteiger partial charge in [0.05, 0.1) is 5.52 Å². The molecule has 0 N–H and O–H groups in total. The zero-order valence-corrected chi connectivity index (χ0v) is 10.7. The molecule has 17 heavy (non-hydrogen) atoms. The van der Waals surface area contributed by atoms with Crippen LogP contribution in [0.5, 0.6) is 0 Å². The van der Waals surface area contributed by atoms with Crippen molar-refractivity contribution in [1.29, 1.82) is 0 Å². The molecule has 0 spiro atoms. The monoisotopic (exact) mass is 227 g/mol. The lowest BCUT2D eigenvalue weighted by molar-refractivity contribution is 0.112. The predicted molar refractivity (Wildman–Crippen MR) is 70.7 cm³/mol. The molecule has 0 radical (unpaired) electrons. The van der Waals surface area contributed by atoms with Gasteiger partial charge < -0.3 is 0 Å². The summed E-state index contributed by atoms with van der Waals surface area (Å²) in [5, 5.41) is 0.981. The Morgan fingerprint density at radius 3 is 2.47 bits per heavy atom. The Bertz CT molecular complexity index is 585. The lowest BCUT2D eigenvalue weighted by atomic mass is 9.99. The van der Waals surface area contributed by atoms with Crippen LogP contribution >= 0.6 is 0 Å². The van der Waals surface area contributed by atoms with E-state index in [9.17, 15) is 4.79 Å². The van der Waals surface area contributed by atoms with Gasteiger partial charge in [0.15, 0.2) is 6.29 Å². The summed E-state index contributed by atoms with van der Waals surface area (Å²) in [7, 11) is 0. The van der Waals surface area contributed by atoms with Crippen LogP contribution in [0.25, 0.3) is 10.9 Å². The standard InChI is InChI=1S/C15H17NO/c1-9(2)13-7-12(8-17)15-11(4)5-10(3)6-14(15)16-13/h5-9H,1-4H3. The molecule has 1 aromatic carbocycles. The van der Waals surface area contributed by atoms with Crippen LogP contribution in [0.1, 0.15) is 46.9 Å². The van der Waals surface area contributed by atoms with Gasteiger partial charge in [-0.3, -0.25) is 9.78 Å². The maximum absolute atomic E-state index is 11.2. The Morgan fingerprint density at radius 2 is 1.88 bits per heavy atom. The number of aldehydes is 1. The molecule has 0 aliphatic rings. The highest BCUT2D eigenvalue weighted by atomic mass is 16.1. The second-order valence-corrected chi connectivity index (χ2v) is 4.88. The third kappa shape index (κ3) is 2.07. The lowest BCUT2D eigenvalue weighted by Crippen LogP contribution is -1.98. The highest BCUT2D eigenvalue weighted by Gasteiger charge is 2.10. The number of hydrogen-bond donors (Lipinski definition) is 0. The Balaban J connectivity index is 2.87. The Kier molecular flexibility index (Phi) is 2.97. The number of carbonyl (C=O) groups excluding carboxylic acids is 1. The van der Waals surface area contributed by atoms with E-state index in [0.29, 0.717) is 5.92 Å². The number of rotatable bonds is 2. The summed E-state index contributed by atoms with van der Waals surface area (Å²) in [6, 6.07) is 6.04. The van der Waals surface area contributed by atoms with Gasteiger partial charge in [-0.2, -0.15) is 0 Å². The molecule has 2 rings (SSSR count). The first-order valence-corrected chi connectivity index (χ1v) is 5.90. The SMILES string of the molecule is Cc1cc(C)c2c(C=O)cc(C(C)C)nc2c1. The molecule has 0 amide bonds. The van der Waals surface area contributed by atoms with Crippen LogP contribution in [0.4, 0.5) is 0 Å². The molecule has 88 valence electrons. The van der Waals surface area contributed by atoms with Crippen molar-refractivity contribution in [3.05, 3.63) is 40.6 Å². The fourth-order valence-electron chi connectivity index (χ4n) is 2.20. The molecule has 1 heterocycles. The van der Waals surface area contributed by atoms with Crippen LogP contribution in [0, 0.1) is 13.8 Å². The van der Waals surface area contributed by atoms with Crippen molar-refractivity contribution in [3.8, 4) is 0 Å². The van der Waals surface area contributed by atoms with Crippen molar-refractivity contribution in [2.45, 2.75) is 33.6 Å². The van der Waals surface area contributed by atoms with Gasteiger partial charge in [-0.15, -0.1) is 0 Å². The van der Waals surface area contributed by atoms with E-state index < -0.39 is 0 Å². The highest BCUT2D eigenvalue weighted by molar-refractivity contribution is 5.98. The lowest BCUT2D eigenvalue weighted by Gasteiger charge is -2.11. The Hall–Kier alpha value is -1.70. The van der Waals surface area contributed by atoms with E-state index in [2.05, 4.69) is 31.8 Å². The summed E-state index contributed by atoms with van der Waals surface area (Å²) in [5.74, 6) is 0.332. The van der Waals surface area contributed by atoms with Gasteiger partial charge in [-0.25, -0.2) is 0 Å². The number of hydrogen-bond acceptors (Lipinski definition) is 2. The van der Waals surface area contributed by atoms with Crippen LogP contribution in [0.2, 0.25) is 0 Å². The number of benzene rings is 1. The first-order chi connectivity index (χ1) is 8.02. The van der Waals surface area contributed by atoms with Gasteiger partial charge in [0.25, 0.3) is 0 Å². The van der Waals surface area contributed by atoms with E-state index in [0.717, 1.165) is 34.0 Å². The van der Waals surface area contributed by atoms with E-state index in [1.807, 2.05) is 19.1 Å². The van der Waals surface area contributed by atoms with Crippen LogP contribution in [-0.2, 0) is 0 Å². The number of carbonyl (C=O) groups is 1. The number of aromatic nitrogens is 1. The topological polar surface area (TPSA) is 30.0 Å². The molecule has 0 saturated heterocycles. The molecule has 0 saturated carbocycles. The minimum Gasteiger partial charge on any atom is -0.298 e. The number of pyridine rings is 1. The molecule has 1 aromatic heterocycles. The molecule has 2 heteroatoms. The number of fused-ring (bicyclic) bond motifs is 1.